The van der Waals surface area contributed by atoms with Crippen molar-refractivity contribution in [1.29, 1.82) is 0 Å². The van der Waals surface area contributed by atoms with Crippen LogP contribution in [-0.4, -0.2) is 62.9 Å². The molecule has 1 fully saturated rings. The van der Waals surface area contributed by atoms with Gasteiger partial charge in [0.2, 0.25) is 0 Å². The Hall–Kier alpha value is -0.930. The maximum absolute atomic E-state index is 9.60. The number of rotatable bonds is 1. The summed E-state index contributed by atoms with van der Waals surface area (Å²) in [4.78, 5) is 2.38. The first-order valence-electron chi connectivity index (χ1n) is 4.48. The van der Waals surface area contributed by atoms with Crippen molar-refractivity contribution < 1.29 is 25.4 Å². The van der Waals surface area contributed by atoms with Crippen molar-refractivity contribution in [3.05, 3.63) is 0 Å². The molecule has 0 radical (unpaired) electrons. The maximum Gasteiger partial charge on any atom is 0.339 e. The van der Waals surface area contributed by atoms with Crippen LogP contribution in [0.1, 0.15) is 0 Å². The van der Waals surface area contributed by atoms with Crippen LogP contribution in [0.5, 0.6) is 0 Å². The molecule has 0 aromatic carbocycles. The minimum atomic E-state index is -1.46. The summed E-state index contributed by atoms with van der Waals surface area (Å²) in [6.07, 6.45) is -5.52. The van der Waals surface area contributed by atoms with Gasteiger partial charge in [0, 0.05) is 0 Å². The Kier molecular flexibility index (Phi) is 3.47. The van der Waals surface area contributed by atoms with Gasteiger partial charge in [-0.3, -0.25) is 16.5 Å². The van der Waals surface area contributed by atoms with E-state index in [2.05, 4.69) is 4.99 Å². The molecule has 0 aromatic rings. The second-order valence-electron chi connectivity index (χ2n) is 3.67. The van der Waals surface area contributed by atoms with E-state index in [-0.39, 0.29) is 5.96 Å². The molecule has 0 amide bonds. The highest BCUT2D eigenvalue weighted by Gasteiger charge is 2.48. The lowest BCUT2D eigenvalue weighted by molar-refractivity contribution is -0.541. The first kappa shape index (κ1) is 12.1. The number of hydrogen-bond acceptors (Lipinski definition) is 5. The Bertz CT molecular complexity index is 241. The molecule has 11 N–H and O–H groups in total. The van der Waals surface area contributed by atoms with E-state index in [9.17, 15) is 20.4 Å². The van der Waals surface area contributed by atoms with Crippen LogP contribution in [0.4, 0.5) is 0 Å². The Labute approximate surface area is 86.0 Å². The number of nitrogens with one attached hydrogen (secondary N) is 1. The van der Waals surface area contributed by atoms with Gasteiger partial charge in [-0.25, -0.2) is 0 Å². The van der Waals surface area contributed by atoms with Crippen molar-refractivity contribution in [1.82, 2.24) is 0 Å². The van der Waals surface area contributed by atoms with Crippen LogP contribution in [0.3, 0.4) is 0 Å². The molecule has 0 heterocycles. The highest BCUT2D eigenvalue weighted by Crippen LogP contribution is 2.17. The average molecular weight is 221 g/mol. The predicted molar refractivity (Wildman–Crippen MR) is 50.1 cm³/mol. The summed E-state index contributed by atoms with van der Waals surface area (Å²) < 4.78 is 0. The normalized spacial score (nSPS) is 46.2. The molecular weight excluding hydrogens is 204 g/mol. The van der Waals surface area contributed by atoms with Gasteiger partial charge in [0.1, 0.15) is 30.5 Å². The molecule has 1 rings (SSSR count). The van der Waals surface area contributed by atoms with Crippen LogP contribution in [0.2, 0.25) is 0 Å². The third-order valence-corrected chi connectivity index (χ3v) is 2.56. The molecule has 8 nitrogen and oxygen atoms in total. The number of hydrogen-bond donors (Lipinski definition) is 8. The van der Waals surface area contributed by atoms with Gasteiger partial charge < -0.3 is 26.2 Å². The standard InChI is InChI=1S/C7H16N4O4/c8-1-3(12)2(11-7(9)10)5(14)6(15)4(1)13/h1-6,12-15H,8H2,(H4,9,10,11)/p+1/t1-,2+,3-,4+,5-,6-/m0/s1. The molecule has 1 aliphatic carbocycles. The first-order chi connectivity index (χ1) is 6.86. The second kappa shape index (κ2) is 4.29. The summed E-state index contributed by atoms with van der Waals surface area (Å²) in [5.74, 6) is -0.214. The Morgan fingerprint density at radius 1 is 0.867 bits per heavy atom. The van der Waals surface area contributed by atoms with Crippen molar-refractivity contribution in [3.63, 3.8) is 0 Å². The smallest absolute Gasteiger partial charge is 0.339 e. The molecule has 0 unspecified atom stereocenters. The largest absolute Gasteiger partial charge is 0.389 e. The molecule has 1 saturated carbocycles. The number of guanidine groups is 1. The second-order valence-corrected chi connectivity index (χ2v) is 3.67. The van der Waals surface area contributed by atoms with Gasteiger partial charge in [0.25, 0.3) is 0 Å². The fourth-order valence-corrected chi connectivity index (χ4v) is 1.65. The molecule has 88 valence electrons. The minimum absolute atomic E-state index is 0.214. The van der Waals surface area contributed by atoms with Gasteiger partial charge in [-0.1, -0.05) is 0 Å². The van der Waals surface area contributed by atoms with Crippen LogP contribution in [0.15, 0.2) is 0 Å². The molecule has 1 aliphatic rings. The first-order valence-corrected chi connectivity index (χ1v) is 4.48. The van der Waals surface area contributed by atoms with Crippen molar-refractivity contribution >= 4 is 5.96 Å². The van der Waals surface area contributed by atoms with Crippen LogP contribution < -0.4 is 22.2 Å². The molecule has 15 heavy (non-hydrogen) atoms. The van der Waals surface area contributed by atoms with Crippen molar-refractivity contribution in [2.45, 2.75) is 36.5 Å². The van der Waals surface area contributed by atoms with E-state index in [4.69, 9.17) is 17.2 Å². The molecular formula is C7H17N4O4+. The lowest BCUT2D eigenvalue weighted by Crippen LogP contribution is -2.93. The minimum Gasteiger partial charge on any atom is -0.389 e. The van der Waals surface area contributed by atoms with E-state index in [1.165, 1.54) is 0 Å². The van der Waals surface area contributed by atoms with Crippen molar-refractivity contribution in [2.24, 2.45) is 17.2 Å². The third-order valence-electron chi connectivity index (χ3n) is 2.56. The Morgan fingerprint density at radius 2 is 1.40 bits per heavy atom. The molecule has 0 bridgehead atoms. The number of nitrogens with two attached hydrogens (primary N) is 3. The lowest BCUT2D eigenvalue weighted by atomic mass is 9.82. The van der Waals surface area contributed by atoms with Crippen LogP contribution in [0, 0.1) is 0 Å². The Morgan fingerprint density at radius 3 is 1.87 bits per heavy atom. The monoisotopic (exact) mass is 221 g/mol. The van der Waals surface area contributed by atoms with Gasteiger partial charge in [0.15, 0.2) is 0 Å². The molecule has 0 saturated heterocycles. The van der Waals surface area contributed by atoms with Crippen LogP contribution in [-0.2, 0) is 0 Å². The molecule has 0 aromatic heterocycles. The zero-order chi connectivity index (χ0) is 11.7. The number of aliphatic hydroxyl groups is 4. The molecule has 8 heteroatoms. The molecule has 0 aliphatic heterocycles. The van der Waals surface area contributed by atoms with E-state index in [0.717, 1.165) is 0 Å². The third kappa shape index (κ3) is 2.19. The average Bonchev–Trinajstić information content (AvgIpc) is 2.18. The summed E-state index contributed by atoms with van der Waals surface area (Å²) in [5, 5.41) is 37.9. The fraction of sp³-hybridized carbons (Fsp3) is 0.857. The maximum atomic E-state index is 9.60. The predicted octanol–water partition coefficient (Wildman–Crippen LogP) is -6.51. The van der Waals surface area contributed by atoms with Gasteiger partial charge >= 0.3 is 5.96 Å². The van der Waals surface area contributed by atoms with Gasteiger partial charge in [0.05, 0.1) is 6.04 Å². The van der Waals surface area contributed by atoms with Crippen LogP contribution in [0.25, 0.3) is 0 Å². The van der Waals surface area contributed by atoms with Crippen molar-refractivity contribution in [2.75, 3.05) is 0 Å². The van der Waals surface area contributed by atoms with E-state index in [0.29, 0.717) is 0 Å². The summed E-state index contributed by atoms with van der Waals surface area (Å²) in [5.41, 5.74) is 15.7. The highest BCUT2D eigenvalue weighted by atomic mass is 16.4. The summed E-state index contributed by atoms with van der Waals surface area (Å²) in [6.45, 7) is 0. The zero-order valence-electron chi connectivity index (χ0n) is 7.99. The number of aliphatic hydroxyl groups excluding tert-OH is 4. The molecule has 0 spiro atoms. The zero-order valence-corrected chi connectivity index (χ0v) is 7.99. The van der Waals surface area contributed by atoms with Gasteiger partial charge in [-0.2, -0.15) is 0 Å². The topological polar surface area (TPSA) is 173 Å². The van der Waals surface area contributed by atoms with Crippen molar-refractivity contribution in [3.8, 4) is 0 Å². The quantitative estimate of drug-likeness (QED) is 0.160. The lowest BCUT2D eigenvalue weighted by Gasteiger charge is -2.40. The van der Waals surface area contributed by atoms with Crippen LogP contribution >= 0.6 is 0 Å². The Balaban J connectivity index is 2.91. The molecule has 6 atom stereocenters. The van der Waals surface area contributed by atoms with E-state index >= 15 is 0 Å². The van der Waals surface area contributed by atoms with E-state index < -0.39 is 36.5 Å². The van der Waals surface area contributed by atoms with Gasteiger partial charge in [-0.05, 0) is 0 Å². The summed E-state index contributed by atoms with van der Waals surface area (Å²) in [7, 11) is 0. The van der Waals surface area contributed by atoms with E-state index in [1.807, 2.05) is 0 Å². The van der Waals surface area contributed by atoms with Gasteiger partial charge in [-0.15, -0.1) is 0 Å². The van der Waals surface area contributed by atoms with E-state index in [1.54, 1.807) is 0 Å². The summed E-state index contributed by atoms with van der Waals surface area (Å²) in [6, 6.07) is -2.09. The highest BCUT2D eigenvalue weighted by molar-refractivity contribution is 5.69. The fourth-order valence-electron chi connectivity index (χ4n) is 1.65. The summed E-state index contributed by atoms with van der Waals surface area (Å²) >= 11 is 0. The SMILES string of the molecule is NC(N)=[NH+][C@H]1[C@H](O)[C@@H](O)[C@H](O)[C@@H](N)[C@@H]1O.